The van der Waals surface area contributed by atoms with Crippen molar-refractivity contribution in [2.75, 3.05) is 0 Å². The molecule has 6 heteroatoms. The van der Waals surface area contributed by atoms with Crippen molar-refractivity contribution in [2.45, 2.75) is 56.6 Å². The number of nitrogens with one attached hydrogen (secondary N) is 1. The number of carbonyl (C=O) groups is 1. The van der Waals surface area contributed by atoms with Crippen LogP contribution >= 0.6 is 11.6 Å². The van der Waals surface area contributed by atoms with E-state index in [1.807, 2.05) is 20.8 Å². The van der Waals surface area contributed by atoms with Gasteiger partial charge in [0.1, 0.15) is 11.4 Å². The van der Waals surface area contributed by atoms with Crippen molar-refractivity contribution in [1.29, 1.82) is 0 Å². The highest BCUT2D eigenvalue weighted by Crippen LogP contribution is 2.69. The first kappa shape index (κ1) is 12.8. The molecule has 1 aromatic heterocycles. The topological polar surface area (TPSA) is 64.4 Å². The van der Waals surface area contributed by atoms with E-state index in [0.717, 1.165) is 25.0 Å². The van der Waals surface area contributed by atoms with Gasteiger partial charge in [0.15, 0.2) is 0 Å². The van der Waals surface area contributed by atoms with Crippen LogP contribution in [0.2, 0.25) is 5.35 Å². The number of aromatic nitrogens is 1. The van der Waals surface area contributed by atoms with Crippen LogP contribution in [0, 0.1) is 0 Å². The van der Waals surface area contributed by atoms with Crippen LogP contribution in [0.4, 0.5) is 4.79 Å². The highest BCUT2D eigenvalue weighted by atomic mass is 35.5. The molecule has 3 aliphatic carbocycles. The van der Waals surface area contributed by atoms with Crippen LogP contribution in [0.25, 0.3) is 0 Å². The minimum Gasteiger partial charge on any atom is -0.443 e. The molecule has 5 nitrogen and oxygen atoms in total. The average molecular weight is 285 g/mol. The molecule has 0 atom stereocenters. The van der Waals surface area contributed by atoms with Gasteiger partial charge in [-0.2, -0.15) is 0 Å². The molecule has 0 saturated heterocycles. The van der Waals surface area contributed by atoms with Crippen molar-refractivity contribution in [3.63, 3.8) is 0 Å². The second kappa shape index (κ2) is 3.66. The molecule has 2 bridgehead atoms. The Kier molecular flexibility index (Phi) is 2.46. The molecule has 3 aliphatic rings. The Morgan fingerprint density at radius 3 is 2.58 bits per heavy atom. The van der Waals surface area contributed by atoms with Gasteiger partial charge in [0.2, 0.25) is 0 Å². The Bertz CT molecular complexity index is 512. The average Bonchev–Trinajstić information content (AvgIpc) is 2.52. The monoisotopic (exact) mass is 284 g/mol. The van der Waals surface area contributed by atoms with Crippen LogP contribution in [0.3, 0.4) is 0 Å². The number of rotatable bonds is 2. The van der Waals surface area contributed by atoms with E-state index in [9.17, 15) is 4.79 Å². The number of ether oxygens (including phenoxy) is 1. The molecule has 0 radical (unpaired) electrons. The summed E-state index contributed by atoms with van der Waals surface area (Å²) in [7, 11) is 0. The second-order valence-corrected chi connectivity index (χ2v) is 7.06. The van der Waals surface area contributed by atoms with Crippen LogP contribution in [-0.4, -0.2) is 22.2 Å². The zero-order chi connectivity index (χ0) is 13.9. The van der Waals surface area contributed by atoms with Gasteiger partial charge in [0.25, 0.3) is 5.35 Å². The number of hydrogen-bond donors (Lipinski definition) is 1. The lowest BCUT2D eigenvalue weighted by Crippen LogP contribution is -2.71. The third-order valence-electron chi connectivity index (χ3n) is 3.77. The van der Waals surface area contributed by atoms with Gasteiger partial charge in [-0.05, 0) is 32.4 Å². The van der Waals surface area contributed by atoms with Crippen LogP contribution < -0.4 is 5.32 Å². The standard InChI is InChI=1S/C13H17ClN2O3/c1-11(2,3)16-10(17)19-13-5-12(6-13,7-13)8-4-15-9(14)18-8/h4H,5-7H2,1-3H3,(H,16,17). The van der Waals surface area contributed by atoms with Crippen LogP contribution in [0.1, 0.15) is 45.8 Å². The summed E-state index contributed by atoms with van der Waals surface area (Å²) < 4.78 is 10.9. The maximum absolute atomic E-state index is 11.7. The molecule has 1 heterocycles. The molecule has 1 amide bonds. The third kappa shape index (κ3) is 2.10. The van der Waals surface area contributed by atoms with E-state index in [2.05, 4.69) is 10.3 Å². The molecule has 4 rings (SSSR count). The van der Waals surface area contributed by atoms with Gasteiger partial charge in [-0.25, -0.2) is 9.78 Å². The molecular formula is C13H17ClN2O3. The van der Waals surface area contributed by atoms with E-state index in [0.29, 0.717) is 0 Å². The smallest absolute Gasteiger partial charge is 0.408 e. The number of halogens is 1. The number of alkyl carbamates (subject to hydrolysis) is 1. The van der Waals surface area contributed by atoms with E-state index in [1.165, 1.54) is 0 Å². The number of amides is 1. The summed E-state index contributed by atoms with van der Waals surface area (Å²) >= 11 is 5.68. The molecule has 1 aromatic rings. The van der Waals surface area contributed by atoms with Gasteiger partial charge in [0, 0.05) is 30.2 Å². The fourth-order valence-electron chi connectivity index (χ4n) is 3.09. The molecule has 0 unspecified atom stereocenters. The van der Waals surface area contributed by atoms with Gasteiger partial charge < -0.3 is 14.5 Å². The van der Waals surface area contributed by atoms with E-state index < -0.39 is 0 Å². The van der Waals surface area contributed by atoms with E-state index >= 15 is 0 Å². The zero-order valence-electron chi connectivity index (χ0n) is 11.2. The first-order valence-electron chi connectivity index (χ1n) is 6.35. The Labute approximate surface area is 116 Å². The third-order valence-corrected chi connectivity index (χ3v) is 3.94. The van der Waals surface area contributed by atoms with Crippen molar-refractivity contribution in [3.8, 4) is 0 Å². The van der Waals surface area contributed by atoms with Gasteiger partial charge in [-0.15, -0.1) is 0 Å². The Hall–Kier alpha value is -1.23. The Morgan fingerprint density at radius 2 is 2.11 bits per heavy atom. The van der Waals surface area contributed by atoms with E-state index in [1.54, 1.807) is 6.20 Å². The van der Waals surface area contributed by atoms with Crippen LogP contribution in [-0.2, 0) is 10.2 Å². The highest BCUT2D eigenvalue weighted by molar-refractivity contribution is 6.27. The quantitative estimate of drug-likeness (QED) is 0.906. The molecule has 104 valence electrons. The van der Waals surface area contributed by atoms with Crippen molar-refractivity contribution < 1.29 is 13.9 Å². The lowest BCUT2D eigenvalue weighted by Gasteiger charge is -2.67. The maximum Gasteiger partial charge on any atom is 0.408 e. The zero-order valence-corrected chi connectivity index (χ0v) is 12.0. The van der Waals surface area contributed by atoms with Crippen LogP contribution in [0.15, 0.2) is 10.6 Å². The first-order chi connectivity index (χ1) is 8.72. The number of carbonyl (C=O) groups excluding carboxylic acids is 1. The van der Waals surface area contributed by atoms with Gasteiger partial charge in [-0.3, -0.25) is 0 Å². The second-order valence-electron chi connectivity index (χ2n) is 6.74. The largest absolute Gasteiger partial charge is 0.443 e. The highest BCUT2D eigenvalue weighted by Gasteiger charge is 2.73. The fraction of sp³-hybridized carbons (Fsp3) is 0.692. The van der Waals surface area contributed by atoms with Crippen molar-refractivity contribution >= 4 is 17.7 Å². The molecule has 19 heavy (non-hydrogen) atoms. The summed E-state index contributed by atoms with van der Waals surface area (Å²) in [4.78, 5) is 15.6. The van der Waals surface area contributed by atoms with Gasteiger partial charge >= 0.3 is 6.09 Å². The van der Waals surface area contributed by atoms with E-state index in [-0.39, 0.29) is 28.0 Å². The van der Waals surface area contributed by atoms with Gasteiger partial charge in [0.05, 0.1) is 6.20 Å². The van der Waals surface area contributed by atoms with E-state index in [4.69, 9.17) is 20.8 Å². The summed E-state index contributed by atoms with van der Waals surface area (Å²) in [6.45, 7) is 5.77. The SMILES string of the molecule is CC(C)(C)NC(=O)OC12CC(c3cnc(Cl)o3)(C1)C2. The summed E-state index contributed by atoms with van der Waals surface area (Å²) in [5.74, 6) is 0.805. The predicted octanol–water partition coefficient (Wildman–Crippen LogP) is 3.03. The molecule has 1 N–H and O–H groups in total. The summed E-state index contributed by atoms with van der Waals surface area (Å²) in [6.07, 6.45) is 3.70. The number of oxazole rings is 1. The molecule has 3 saturated carbocycles. The normalized spacial score (nSPS) is 32.2. The fourth-order valence-corrected chi connectivity index (χ4v) is 3.22. The van der Waals surface area contributed by atoms with Gasteiger partial charge in [-0.1, -0.05) is 0 Å². The van der Waals surface area contributed by atoms with Crippen molar-refractivity contribution in [1.82, 2.24) is 10.3 Å². The molecule has 0 spiro atoms. The van der Waals surface area contributed by atoms with Crippen molar-refractivity contribution in [2.24, 2.45) is 0 Å². The molecule has 3 fully saturated rings. The molecule has 0 aromatic carbocycles. The Balaban J connectivity index is 1.57. The summed E-state index contributed by atoms with van der Waals surface area (Å²) in [5, 5.41) is 2.97. The van der Waals surface area contributed by atoms with Crippen molar-refractivity contribution in [3.05, 3.63) is 17.3 Å². The lowest BCUT2D eigenvalue weighted by atomic mass is 9.40. The summed E-state index contributed by atoms with van der Waals surface area (Å²) in [6, 6.07) is 0. The predicted molar refractivity (Wildman–Crippen MR) is 69.1 cm³/mol. The Morgan fingerprint density at radius 1 is 1.47 bits per heavy atom. The molecular weight excluding hydrogens is 268 g/mol. The number of hydrogen-bond acceptors (Lipinski definition) is 4. The molecule has 0 aliphatic heterocycles. The minimum absolute atomic E-state index is 0.0118. The number of nitrogens with zero attached hydrogens (tertiary/aromatic N) is 1. The first-order valence-corrected chi connectivity index (χ1v) is 6.73. The minimum atomic E-state index is -0.351. The maximum atomic E-state index is 11.7. The summed E-state index contributed by atoms with van der Waals surface area (Å²) in [5.41, 5.74) is -0.604. The van der Waals surface area contributed by atoms with Crippen LogP contribution in [0.5, 0.6) is 0 Å². The lowest BCUT2D eigenvalue weighted by molar-refractivity contribution is -0.219.